The summed E-state index contributed by atoms with van der Waals surface area (Å²) in [5, 5.41) is 3.46. The van der Waals surface area contributed by atoms with E-state index in [1.54, 1.807) is 42.5 Å². The van der Waals surface area contributed by atoms with Gasteiger partial charge in [-0.3, -0.25) is 5.32 Å². The summed E-state index contributed by atoms with van der Waals surface area (Å²) in [6.45, 7) is 0.622. The molecule has 0 aromatic heterocycles. The number of carbonyl (C=O) groups excluding carboxylic acids is 1. The van der Waals surface area contributed by atoms with E-state index in [2.05, 4.69) is 10.1 Å². The van der Waals surface area contributed by atoms with Crippen molar-refractivity contribution in [3.8, 4) is 11.5 Å². The second kappa shape index (κ2) is 8.50. The Bertz CT molecular complexity index is 641. The molecule has 0 spiro atoms. The van der Waals surface area contributed by atoms with Crippen molar-refractivity contribution >= 4 is 35.0 Å². The summed E-state index contributed by atoms with van der Waals surface area (Å²) in [5.41, 5.74) is 0.614. The number of amides is 1. The lowest BCUT2D eigenvalue weighted by atomic mass is 10.3. The Balaban J connectivity index is 1.79. The van der Waals surface area contributed by atoms with E-state index in [-0.39, 0.29) is 0 Å². The van der Waals surface area contributed by atoms with Gasteiger partial charge in [0.2, 0.25) is 0 Å². The number of nitrogens with one attached hydrogen (secondary N) is 1. The Morgan fingerprint density at radius 2 is 1.61 bits per heavy atom. The Labute approximate surface area is 144 Å². The van der Waals surface area contributed by atoms with Crippen molar-refractivity contribution in [2.24, 2.45) is 0 Å². The molecule has 0 saturated carbocycles. The molecule has 0 unspecified atom stereocenters. The van der Waals surface area contributed by atoms with E-state index in [0.29, 0.717) is 40.4 Å². The fourth-order valence-corrected chi connectivity index (χ4v) is 2.23. The zero-order valence-corrected chi connectivity index (χ0v) is 13.9. The van der Waals surface area contributed by atoms with Gasteiger partial charge in [0.1, 0.15) is 19.0 Å². The zero-order valence-electron chi connectivity index (χ0n) is 12.3. The Hall–Kier alpha value is -2.11. The van der Waals surface area contributed by atoms with Crippen molar-refractivity contribution in [2.45, 2.75) is 0 Å². The summed E-state index contributed by atoms with van der Waals surface area (Å²) in [4.78, 5) is 11.1. The van der Waals surface area contributed by atoms with Crippen LogP contribution in [-0.2, 0) is 4.74 Å². The monoisotopic (exact) mass is 355 g/mol. The van der Waals surface area contributed by atoms with Gasteiger partial charge in [-0.15, -0.1) is 0 Å². The van der Waals surface area contributed by atoms with Gasteiger partial charge in [0.05, 0.1) is 17.2 Å². The van der Waals surface area contributed by atoms with Crippen molar-refractivity contribution in [3.63, 3.8) is 0 Å². The summed E-state index contributed by atoms with van der Waals surface area (Å²) in [5.74, 6) is 1.09. The van der Waals surface area contributed by atoms with E-state index >= 15 is 0 Å². The maximum absolute atomic E-state index is 11.1. The molecule has 122 valence electrons. The molecule has 1 N–H and O–H groups in total. The molecule has 0 saturated heterocycles. The average molecular weight is 356 g/mol. The minimum absolute atomic E-state index is 0.297. The van der Waals surface area contributed by atoms with Gasteiger partial charge in [0, 0.05) is 5.69 Å². The molecule has 0 aliphatic heterocycles. The quantitative estimate of drug-likeness (QED) is 0.767. The number of carbonyl (C=O) groups is 1. The van der Waals surface area contributed by atoms with E-state index in [1.807, 2.05) is 0 Å². The largest absolute Gasteiger partial charge is 0.490 e. The molecular weight excluding hydrogens is 341 g/mol. The first-order valence-corrected chi connectivity index (χ1v) is 7.50. The number of ether oxygens (including phenoxy) is 3. The van der Waals surface area contributed by atoms with Gasteiger partial charge in [-0.1, -0.05) is 29.3 Å². The van der Waals surface area contributed by atoms with Crippen LogP contribution in [0.2, 0.25) is 10.0 Å². The highest BCUT2D eigenvalue weighted by atomic mass is 35.5. The average Bonchev–Trinajstić information content (AvgIpc) is 2.55. The standard InChI is InChI=1S/C16H15Cl2NO4/c1-21-16(20)19-11-5-7-12(8-6-11)22-9-10-23-15-13(17)3-2-4-14(15)18/h2-8H,9-10H2,1H3,(H,19,20). The van der Waals surface area contributed by atoms with Crippen molar-refractivity contribution in [1.82, 2.24) is 0 Å². The highest BCUT2D eigenvalue weighted by Gasteiger charge is 2.06. The SMILES string of the molecule is COC(=O)Nc1ccc(OCCOc2c(Cl)cccc2Cl)cc1. The van der Waals surface area contributed by atoms with Crippen LogP contribution < -0.4 is 14.8 Å². The predicted octanol–water partition coefficient (Wildman–Crippen LogP) is 4.63. The third-order valence-electron chi connectivity index (χ3n) is 2.80. The minimum atomic E-state index is -0.524. The van der Waals surface area contributed by atoms with Crippen molar-refractivity contribution in [2.75, 3.05) is 25.6 Å². The Morgan fingerprint density at radius 3 is 2.22 bits per heavy atom. The van der Waals surface area contributed by atoms with E-state index in [9.17, 15) is 4.79 Å². The van der Waals surface area contributed by atoms with Gasteiger partial charge in [-0.2, -0.15) is 0 Å². The zero-order chi connectivity index (χ0) is 16.7. The molecule has 0 fully saturated rings. The molecule has 0 aliphatic carbocycles. The number of methoxy groups -OCH3 is 1. The number of halogens is 2. The molecule has 2 rings (SSSR count). The molecule has 2 aromatic rings. The van der Waals surface area contributed by atoms with Crippen LogP contribution in [-0.4, -0.2) is 26.4 Å². The lowest BCUT2D eigenvalue weighted by Gasteiger charge is -2.11. The van der Waals surface area contributed by atoms with Crippen LogP contribution in [0.4, 0.5) is 10.5 Å². The van der Waals surface area contributed by atoms with Crippen LogP contribution in [0.1, 0.15) is 0 Å². The molecule has 5 nitrogen and oxygen atoms in total. The number of anilines is 1. The van der Waals surface area contributed by atoms with Crippen LogP contribution in [0.5, 0.6) is 11.5 Å². The van der Waals surface area contributed by atoms with E-state index in [0.717, 1.165) is 0 Å². The van der Waals surface area contributed by atoms with Crippen molar-refractivity contribution < 1.29 is 19.0 Å². The minimum Gasteiger partial charge on any atom is -0.490 e. The number of hydrogen-bond donors (Lipinski definition) is 1. The molecule has 23 heavy (non-hydrogen) atoms. The van der Waals surface area contributed by atoms with E-state index in [1.165, 1.54) is 7.11 Å². The highest BCUT2D eigenvalue weighted by Crippen LogP contribution is 2.32. The van der Waals surface area contributed by atoms with Crippen LogP contribution >= 0.6 is 23.2 Å². The second-order valence-corrected chi connectivity index (χ2v) is 5.20. The fraction of sp³-hybridized carbons (Fsp3) is 0.188. The normalized spacial score (nSPS) is 10.0. The second-order valence-electron chi connectivity index (χ2n) is 4.39. The number of para-hydroxylation sites is 1. The molecule has 7 heteroatoms. The highest BCUT2D eigenvalue weighted by molar-refractivity contribution is 6.37. The lowest BCUT2D eigenvalue weighted by Crippen LogP contribution is -2.11. The predicted molar refractivity (Wildman–Crippen MR) is 89.9 cm³/mol. The van der Waals surface area contributed by atoms with Gasteiger partial charge in [-0.25, -0.2) is 4.79 Å². The van der Waals surface area contributed by atoms with Crippen molar-refractivity contribution in [1.29, 1.82) is 0 Å². The number of rotatable bonds is 6. The summed E-state index contributed by atoms with van der Waals surface area (Å²) < 4.78 is 15.6. The van der Waals surface area contributed by atoms with Crippen LogP contribution in [0.3, 0.4) is 0 Å². The topological polar surface area (TPSA) is 56.8 Å². The number of hydrogen-bond acceptors (Lipinski definition) is 4. The molecule has 0 aliphatic rings. The van der Waals surface area contributed by atoms with Crippen LogP contribution in [0, 0.1) is 0 Å². The fourth-order valence-electron chi connectivity index (χ4n) is 1.73. The van der Waals surface area contributed by atoms with Crippen molar-refractivity contribution in [3.05, 3.63) is 52.5 Å². The first-order chi connectivity index (χ1) is 11.1. The molecule has 0 bridgehead atoms. The molecule has 2 aromatic carbocycles. The van der Waals surface area contributed by atoms with E-state index < -0.39 is 6.09 Å². The molecular formula is C16H15Cl2NO4. The molecule has 0 radical (unpaired) electrons. The molecule has 1 amide bonds. The van der Waals surface area contributed by atoms with Gasteiger partial charge in [0.15, 0.2) is 5.75 Å². The van der Waals surface area contributed by atoms with Gasteiger partial charge < -0.3 is 14.2 Å². The van der Waals surface area contributed by atoms with Crippen LogP contribution in [0.15, 0.2) is 42.5 Å². The maximum Gasteiger partial charge on any atom is 0.411 e. The van der Waals surface area contributed by atoms with E-state index in [4.69, 9.17) is 32.7 Å². The summed E-state index contributed by atoms with van der Waals surface area (Å²) in [6, 6.07) is 12.0. The summed E-state index contributed by atoms with van der Waals surface area (Å²) >= 11 is 12.0. The smallest absolute Gasteiger partial charge is 0.411 e. The van der Waals surface area contributed by atoms with Gasteiger partial charge in [-0.05, 0) is 36.4 Å². The number of benzene rings is 2. The first-order valence-electron chi connectivity index (χ1n) is 6.75. The Morgan fingerprint density at radius 1 is 1.00 bits per heavy atom. The maximum atomic E-state index is 11.1. The summed E-state index contributed by atoms with van der Waals surface area (Å²) in [6.07, 6.45) is -0.524. The van der Waals surface area contributed by atoms with Gasteiger partial charge in [0.25, 0.3) is 0 Å². The first kappa shape index (κ1) is 17.2. The Kier molecular flexibility index (Phi) is 6.38. The van der Waals surface area contributed by atoms with Gasteiger partial charge >= 0.3 is 6.09 Å². The third kappa shape index (κ3) is 5.23. The summed E-state index contributed by atoms with van der Waals surface area (Å²) in [7, 11) is 1.30. The van der Waals surface area contributed by atoms with Crippen LogP contribution in [0.25, 0.3) is 0 Å². The molecule has 0 heterocycles. The lowest BCUT2D eigenvalue weighted by molar-refractivity contribution is 0.187. The molecule has 0 atom stereocenters. The third-order valence-corrected chi connectivity index (χ3v) is 3.40.